The highest BCUT2D eigenvalue weighted by Gasteiger charge is 2.40. The monoisotopic (exact) mass is 946 g/mol. The van der Waals surface area contributed by atoms with Crippen molar-refractivity contribution in [2.45, 2.75) is 103 Å². The van der Waals surface area contributed by atoms with E-state index in [-0.39, 0.29) is 35.7 Å². The van der Waals surface area contributed by atoms with E-state index < -0.39 is 36.3 Å². The zero-order valence-corrected chi connectivity index (χ0v) is 39.6. The number of rotatable bonds is 12. The fourth-order valence-electron chi connectivity index (χ4n) is 9.91. The van der Waals surface area contributed by atoms with Crippen LogP contribution in [0.4, 0.5) is 14.0 Å². The minimum absolute atomic E-state index is 0.153. The first-order valence-corrected chi connectivity index (χ1v) is 24.1. The van der Waals surface area contributed by atoms with Crippen molar-refractivity contribution in [2.75, 3.05) is 27.3 Å². The Balaban J connectivity index is 0.963. The minimum atomic E-state index is -0.772. The summed E-state index contributed by atoms with van der Waals surface area (Å²) in [5.41, 5.74) is 4.57. The minimum Gasteiger partial charge on any atom is -0.464 e. The fraction of sp³-hybridized carbons (Fsp3) is 0.449. The number of benzene rings is 2. The number of fused-ring (bicyclic) bond motifs is 5. The third kappa shape index (κ3) is 8.23. The van der Waals surface area contributed by atoms with Gasteiger partial charge >= 0.3 is 12.2 Å². The van der Waals surface area contributed by atoms with Gasteiger partial charge in [-0.05, 0) is 80.7 Å². The molecule has 4 aromatic heterocycles. The van der Waals surface area contributed by atoms with Crippen LogP contribution in [0.5, 0.6) is 5.75 Å². The van der Waals surface area contributed by atoms with Crippen molar-refractivity contribution in [3.05, 3.63) is 82.3 Å². The average Bonchev–Trinajstić information content (AvgIpc) is 4.05. The number of alkyl carbamates (subject to hydrolysis) is 2. The molecular formula is C49H55FN10O7S. The number of carbonyl (C=O) groups excluding carboxylic acids is 4. The molecule has 19 heteroatoms. The van der Waals surface area contributed by atoms with Gasteiger partial charge in [0, 0.05) is 41.7 Å². The van der Waals surface area contributed by atoms with Gasteiger partial charge in [0.1, 0.15) is 35.3 Å². The van der Waals surface area contributed by atoms with Gasteiger partial charge in [-0.2, -0.15) is 0 Å². The van der Waals surface area contributed by atoms with Crippen LogP contribution in [0, 0.1) is 17.7 Å². The van der Waals surface area contributed by atoms with Crippen molar-refractivity contribution in [1.82, 2.24) is 49.9 Å². The van der Waals surface area contributed by atoms with Crippen molar-refractivity contribution >= 4 is 46.2 Å². The zero-order chi connectivity index (χ0) is 47.5. The Hall–Kier alpha value is -6.76. The number of thiazole rings is 1. The van der Waals surface area contributed by atoms with Gasteiger partial charge in [0.2, 0.25) is 18.0 Å². The molecule has 4 N–H and O–H groups in total. The molecule has 5 atom stereocenters. The molecule has 4 amide bonds. The number of nitrogens with one attached hydrogen (secondary N) is 4. The van der Waals surface area contributed by atoms with Gasteiger partial charge in [-0.15, -0.1) is 11.3 Å². The molecule has 0 spiro atoms. The van der Waals surface area contributed by atoms with Gasteiger partial charge in [0.25, 0.3) is 0 Å². The molecule has 0 radical (unpaired) electrons. The van der Waals surface area contributed by atoms with E-state index >= 15 is 4.39 Å². The summed E-state index contributed by atoms with van der Waals surface area (Å²) in [6.45, 7) is 8.56. The van der Waals surface area contributed by atoms with Crippen molar-refractivity contribution < 1.29 is 37.8 Å². The smallest absolute Gasteiger partial charge is 0.407 e. The number of likely N-dealkylation sites (tertiary alicyclic amines) is 2. The fourth-order valence-corrected chi connectivity index (χ4v) is 11.0. The van der Waals surface area contributed by atoms with Gasteiger partial charge in [0.15, 0.2) is 0 Å². The van der Waals surface area contributed by atoms with Crippen molar-refractivity contribution in [3.63, 3.8) is 0 Å². The number of hydrogen-bond acceptors (Lipinski definition) is 11. The number of methoxy groups -OCH3 is 2. The number of nitrogens with zero attached hydrogens (tertiary/aromatic N) is 6. The van der Waals surface area contributed by atoms with E-state index in [0.29, 0.717) is 65.3 Å². The number of aromatic amines is 2. The molecule has 356 valence electrons. The molecule has 17 nitrogen and oxygen atoms in total. The molecule has 3 aliphatic heterocycles. The first kappa shape index (κ1) is 45.0. The number of hydrogen-bond donors (Lipinski definition) is 4. The summed E-state index contributed by atoms with van der Waals surface area (Å²) < 4.78 is 35.4. The van der Waals surface area contributed by atoms with E-state index in [2.05, 4.69) is 20.6 Å². The van der Waals surface area contributed by atoms with Gasteiger partial charge in [0.05, 0.1) is 76.7 Å². The van der Waals surface area contributed by atoms with E-state index in [1.54, 1.807) is 33.5 Å². The van der Waals surface area contributed by atoms with Gasteiger partial charge in [-0.3, -0.25) is 14.2 Å². The SMILES string of the molecule is COC(=O)N[C@H](C(=O)N1CCCC1c1ncc(-c2cc(F)c3c(c2)O[C@@H](c2cnc(C4CC4)s2)n2c-3cc3cc(-c4cnc(C5CCCN5C(=O)[C@@H](NC(=O)OC)C(C)C)[nH]4)ccc32)[nH]1)C(C)C. The normalized spacial score (nSPS) is 19.8. The highest BCUT2D eigenvalue weighted by atomic mass is 32.1. The summed E-state index contributed by atoms with van der Waals surface area (Å²) in [6.07, 6.45) is 8.51. The molecule has 4 aliphatic rings. The first-order chi connectivity index (χ1) is 32.8. The Bertz CT molecular complexity index is 2920. The highest BCUT2D eigenvalue weighted by Crippen LogP contribution is 2.50. The lowest BCUT2D eigenvalue weighted by atomic mass is 10.0. The Morgan fingerprint density at radius 1 is 0.765 bits per heavy atom. The number of ether oxygens (including phenoxy) is 3. The van der Waals surface area contributed by atoms with Crippen LogP contribution in [0.2, 0.25) is 0 Å². The van der Waals surface area contributed by atoms with Crippen LogP contribution < -0.4 is 15.4 Å². The standard InChI is InChI=1S/C49H55FN10O7S/c1-24(2)40(56-48(63)65-5)45(61)58-15-7-9-34(58)42-51-21-31(54-42)27-13-14-33-29(17-27)19-36-39-30(50)18-28(20-37(39)67-47(60(33)36)38-23-53-44(68-38)26-11-12-26)32-22-52-43(55-32)35-10-8-16-59(35)46(62)41(25(3)4)57-49(64)66-6/h13-14,17-26,34-35,40-41,47H,7-12,15-16H2,1-6H3,(H,51,54)(H,52,55)(H,56,63)(H,57,64)/t34?,35?,40-,41-,47-/m0/s1. The number of carbonyl (C=O) groups is 4. The molecule has 10 rings (SSSR count). The third-order valence-corrected chi connectivity index (χ3v) is 14.8. The molecule has 1 aliphatic carbocycles. The third-order valence-electron chi connectivity index (χ3n) is 13.6. The van der Waals surface area contributed by atoms with E-state index in [1.165, 1.54) is 20.3 Å². The summed E-state index contributed by atoms with van der Waals surface area (Å²) in [5, 5.41) is 7.33. The molecule has 2 saturated heterocycles. The van der Waals surface area contributed by atoms with Crippen molar-refractivity contribution in [3.8, 4) is 39.5 Å². The van der Waals surface area contributed by atoms with Crippen LogP contribution in [-0.4, -0.2) is 103 Å². The lowest BCUT2D eigenvalue weighted by Gasteiger charge is -2.30. The maximum atomic E-state index is 16.9. The van der Waals surface area contributed by atoms with Crippen LogP contribution in [0.3, 0.4) is 0 Å². The predicted octanol–water partition coefficient (Wildman–Crippen LogP) is 8.59. The van der Waals surface area contributed by atoms with Crippen LogP contribution in [0.1, 0.15) is 112 Å². The van der Waals surface area contributed by atoms with E-state index in [9.17, 15) is 19.2 Å². The summed E-state index contributed by atoms with van der Waals surface area (Å²) in [6, 6.07) is 9.21. The quantitative estimate of drug-likeness (QED) is 0.0921. The predicted molar refractivity (Wildman–Crippen MR) is 251 cm³/mol. The molecular weight excluding hydrogens is 892 g/mol. The Morgan fingerprint density at radius 2 is 1.35 bits per heavy atom. The summed E-state index contributed by atoms with van der Waals surface area (Å²) in [4.78, 5) is 77.4. The lowest BCUT2D eigenvalue weighted by Crippen LogP contribution is -2.51. The average molecular weight is 947 g/mol. The maximum Gasteiger partial charge on any atom is 0.407 e. The van der Waals surface area contributed by atoms with Gasteiger partial charge in [-0.1, -0.05) is 33.8 Å². The number of aromatic nitrogens is 6. The second-order valence-electron chi connectivity index (χ2n) is 18.8. The van der Waals surface area contributed by atoms with E-state index in [0.717, 1.165) is 64.1 Å². The van der Waals surface area contributed by atoms with Crippen LogP contribution in [0.15, 0.2) is 55.0 Å². The Kier molecular flexibility index (Phi) is 12.0. The molecule has 0 bridgehead atoms. The second-order valence-corrected chi connectivity index (χ2v) is 19.9. The molecule has 68 heavy (non-hydrogen) atoms. The molecule has 3 fully saturated rings. The summed E-state index contributed by atoms with van der Waals surface area (Å²) >= 11 is 1.62. The molecule has 2 unspecified atom stereocenters. The molecule has 2 aromatic carbocycles. The van der Waals surface area contributed by atoms with E-state index in [1.807, 2.05) is 68.8 Å². The summed E-state index contributed by atoms with van der Waals surface area (Å²) in [7, 11) is 2.55. The van der Waals surface area contributed by atoms with E-state index in [4.69, 9.17) is 29.2 Å². The van der Waals surface area contributed by atoms with Crippen LogP contribution >= 0.6 is 11.3 Å². The number of amides is 4. The van der Waals surface area contributed by atoms with Crippen molar-refractivity contribution in [2.24, 2.45) is 11.8 Å². The zero-order valence-electron chi connectivity index (χ0n) is 38.8. The first-order valence-electron chi connectivity index (χ1n) is 23.3. The maximum absolute atomic E-state index is 16.9. The molecule has 1 saturated carbocycles. The Labute approximate surface area is 396 Å². The molecule has 7 heterocycles. The number of halogens is 1. The topological polar surface area (TPSA) is 202 Å². The highest BCUT2D eigenvalue weighted by molar-refractivity contribution is 7.11. The van der Waals surface area contributed by atoms with Crippen LogP contribution in [-0.2, 0) is 19.1 Å². The largest absolute Gasteiger partial charge is 0.464 e. The lowest BCUT2D eigenvalue weighted by molar-refractivity contribution is -0.136. The van der Waals surface area contributed by atoms with Gasteiger partial charge in [-0.25, -0.2) is 28.9 Å². The van der Waals surface area contributed by atoms with Gasteiger partial charge < -0.3 is 44.6 Å². The van der Waals surface area contributed by atoms with Crippen molar-refractivity contribution in [1.29, 1.82) is 0 Å². The number of imidazole rings is 2. The second kappa shape index (κ2) is 18.0. The summed E-state index contributed by atoms with van der Waals surface area (Å²) in [5.74, 6) is 0.851. The number of H-pyrrole nitrogens is 2. The molecule has 6 aromatic rings. The Morgan fingerprint density at radius 3 is 1.91 bits per heavy atom. The van der Waals surface area contributed by atoms with Crippen LogP contribution in [0.25, 0.3) is 44.7 Å².